The van der Waals surface area contributed by atoms with Crippen LogP contribution in [0.4, 0.5) is 0 Å². The number of rotatable bonds is 9. The highest BCUT2D eigenvalue weighted by Gasteiger charge is 2.21. The van der Waals surface area contributed by atoms with Crippen molar-refractivity contribution in [2.24, 2.45) is 5.92 Å². The SMILES string of the molecule is CC(C)(C)OCCC(NC(=O)CCCC1CCCCC1)C(=O)O. The van der Waals surface area contributed by atoms with Gasteiger partial charge in [-0.15, -0.1) is 0 Å². The normalized spacial score (nSPS) is 17.7. The zero-order valence-electron chi connectivity index (χ0n) is 14.9. The molecule has 0 spiro atoms. The number of carbonyl (C=O) groups is 2. The van der Waals surface area contributed by atoms with Gasteiger partial charge in [0.25, 0.3) is 0 Å². The van der Waals surface area contributed by atoms with Gasteiger partial charge in [0.15, 0.2) is 0 Å². The number of carboxylic acids is 1. The van der Waals surface area contributed by atoms with E-state index in [0.717, 1.165) is 18.8 Å². The van der Waals surface area contributed by atoms with Gasteiger partial charge in [0.05, 0.1) is 5.60 Å². The smallest absolute Gasteiger partial charge is 0.326 e. The van der Waals surface area contributed by atoms with E-state index in [2.05, 4.69) is 5.32 Å². The predicted octanol–water partition coefficient (Wildman–Crippen LogP) is 3.51. The summed E-state index contributed by atoms with van der Waals surface area (Å²) in [4.78, 5) is 23.2. The van der Waals surface area contributed by atoms with Gasteiger partial charge < -0.3 is 15.2 Å². The summed E-state index contributed by atoms with van der Waals surface area (Å²) >= 11 is 0. The molecule has 0 bridgehead atoms. The number of ether oxygens (including phenoxy) is 1. The molecule has 1 aliphatic rings. The molecular formula is C18H33NO4. The Kier molecular flexibility index (Phi) is 8.59. The number of aliphatic carboxylic acids is 1. The fraction of sp³-hybridized carbons (Fsp3) is 0.889. The van der Waals surface area contributed by atoms with Crippen LogP contribution in [0, 0.1) is 5.92 Å². The number of carbonyl (C=O) groups excluding carboxylic acids is 1. The lowest BCUT2D eigenvalue weighted by Gasteiger charge is -2.22. The Morgan fingerprint density at radius 1 is 1.22 bits per heavy atom. The summed E-state index contributed by atoms with van der Waals surface area (Å²) in [7, 11) is 0. The molecule has 23 heavy (non-hydrogen) atoms. The van der Waals surface area contributed by atoms with Crippen LogP contribution < -0.4 is 5.32 Å². The Hall–Kier alpha value is -1.10. The lowest BCUT2D eigenvalue weighted by atomic mass is 9.86. The van der Waals surface area contributed by atoms with E-state index in [9.17, 15) is 14.7 Å². The van der Waals surface area contributed by atoms with Crippen molar-refractivity contribution in [3.05, 3.63) is 0 Å². The number of nitrogens with one attached hydrogen (secondary N) is 1. The van der Waals surface area contributed by atoms with Gasteiger partial charge in [0, 0.05) is 19.4 Å². The van der Waals surface area contributed by atoms with Crippen molar-refractivity contribution in [3.63, 3.8) is 0 Å². The van der Waals surface area contributed by atoms with Crippen LogP contribution in [0.3, 0.4) is 0 Å². The minimum atomic E-state index is -0.997. The Labute approximate surface area is 140 Å². The van der Waals surface area contributed by atoms with E-state index in [4.69, 9.17) is 4.74 Å². The van der Waals surface area contributed by atoms with Crippen molar-refractivity contribution in [3.8, 4) is 0 Å². The number of carboxylic acid groups (broad SMARTS) is 1. The minimum Gasteiger partial charge on any atom is -0.480 e. The van der Waals surface area contributed by atoms with Crippen LogP contribution in [-0.4, -0.2) is 35.2 Å². The maximum Gasteiger partial charge on any atom is 0.326 e. The third-order valence-corrected chi connectivity index (χ3v) is 4.32. The summed E-state index contributed by atoms with van der Waals surface area (Å²) in [6.07, 6.45) is 9.17. The minimum absolute atomic E-state index is 0.163. The molecule has 1 amide bonds. The van der Waals surface area contributed by atoms with E-state index in [1.165, 1.54) is 32.1 Å². The van der Waals surface area contributed by atoms with Gasteiger partial charge in [-0.2, -0.15) is 0 Å². The first kappa shape index (κ1) is 19.9. The predicted molar refractivity (Wildman–Crippen MR) is 90.3 cm³/mol. The molecule has 0 aromatic carbocycles. The van der Waals surface area contributed by atoms with Crippen molar-refractivity contribution < 1.29 is 19.4 Å². The molecule has 0 aromatic heterocycles. The molecule has 1 rings (SSSR count). The molecule has 5 heteroatoms. The standard InChI is InChI=1S/C18H33NO4/c1-18(2,3)23-13-12-15(17(21)22)19-16(20)11-7-10-14-8-5-4-6-9-14/h14-15H,4-13H2,1-3H3,(H,19,20)(H,21,22). The quantitative estimate of drug-likeness (QED) is 0.679. The van der Waals surface area contributed by atoms with Crippen LogP contribution in [0.25, 0.3) is 0 Å². The number of hydrogen-bond donors (Lipinski definition) is 2. The fourth-order valence-electron chi connectivity index (χ4n) is 3.03. The molecule has 0 saturated heterocycles. The fourth-order valence-corrected chi connectivity index (χ4v) is 3.03. The zero-order chi connectivity index (χ0) is 17.3. The molecule has 1 unspecified atom stereocenters. The van der Waals surface area contributed by atoms with Crippen LogP contribution in [0.2, 0.25) is 0 Å². The highest BCUT2D eigenvalue weighted by atomic mass is 16.5. The average molecular weight is 327 g/mol. The van der Waals surface area contributed by atoms with E-state index in [1.807, 2.05) is 20.8 Å². The molecule has 1 fully saturated rings. The lowest BCUT2D eigenvalue weighted by molar-refractivity contribution is -0.142. The molecular weight excluding hydrogens is 294 g/mol. The zero-order valence-corrected chi connectivity index (χ0v) is 14.9. The van der Waals surface area contributed by atoms with Gasteiger partial charge in [-0.1, -0.05) is 32.1 Å². The van der Waals surface area contributed by atoms with Gasteiger partial charge in [-0.3, -0.25) is 4.79 Å². The van der Waals surface area contributed by atoms with Crippen LogP contribution in [0.15, 0.2) is 0 Å². The first-order valence-corrected chi connectivity index (χ1v) is 8.94. The summed E-state index contributed by atoms with van der Waals surface area (Å²) in [6.45, 7) is 6.09. The molecule has 134 valence electrons. The highest BCUT2D eigenvalue weighted by molar-refractivity contribution is 5.83. The van der Waals surface area contributed by atoms with Gasteiger partial charge in [-0.25, -0.2) is 4.79 Å². The van der Waals surface area contributed by atoms with Crippen LogP contribution in [0.1, 0.15) is 78.6 Å². The van der Waals surface area contributed by atoms with Gasteiger partial charge >= 0.3 is 5.97 Å². The maximum atomic E-state index is 11.9. The summed E-state index contributed by atoms with van der Waals surface area (Å²) in [5.74, 6) is -0.404. The summed E-state index contributed by atoms with van der Waals surface area (Å²) in [5.41, 5.74) is -0.299. The molecule has 0 heterocycles. The van der Waals surface area contributed by atoms with Crippen LogP contribution >= 0.6 is 0 Å². The summed E-state index contributed by atoms with van der Waals surface area (Å²) in [6, 6.07) is -0.862. The maximum absolute atomic E-state index is 11.9. The largest absolute Gasteiger partial charge is 0.480 e. The first-order valence-electron chi connectivity index (χ1n) is 8.94. The number of hydrogen-bond acceptors (Lipinski definition) is 3. The second-order valence-electron chi connectivity index (χ2n) is 7.60. The van der Waals surface area contributed by atoms with Crippen molar-refractivity contribution in [1.82, 2.24) is 5.32 Å². The van der Waals surface area contributed by atoms with Gasteiger partial charge in [0.1, 0.15) is 6.04 Å². The summed E-state index contributed by atoms with van der Waals surface area (Å²) < 4.78 is 5.54. The molecule has 0 aliphatic heterocycles. The molecule has 1 saturated carbocycles. The monoisotopic (exact) mass is 327 g/mol. The van der Waals surface area contributed by atoms with Crippen molar-refractivity contribution in [1.29, 1.82) is 0 Å². The van der Waals surface area contributed by atoms with Crippen LogP contribution in [-0.2, 0) is 14.3 Å². The Morgan fingerprint density at radius 2 is 1.87 bits per heavy atom. The molecule has 0 radical (unpaired) electrons. The van der Waals surface area contributed by atoms with E-state index < -0.39 is 12.0 Å². The average Bonchev–Trinajstić information content (AvgIpc) is 2.46. The third-order valence-electron chi connectivity index (χ3n) is 4.32. The number of amides is 1. The van der Waals surface area contributed by atoms with Crippen molar-refractivity contribution >= 4 is 11.9 Å². The Bertz CT molecular complexity index is 370. The molecule has 0 aromatic rings. The highest BCUT2D eigenvalue weighted by Crippen LogP contribution is 2.27. The summed E-state index contributed by atoms with van der Waals surface area (Å²) in [5, 5.41) is 11.8. The van der Waals surface area contributed by atoms with Gasteiger partial charge in [-0.05, 0) is 39.5 Å². The Morgan fingerprint density at radius 3 is 2.43 bits per heavy atom. The third kappa shape index (κ3) is 9.59. The second-order valence-corrected chi connectivity index (χ2v) is 7.60. The van der Waals surface area contributed by atoms with E-state index >= 15 is 0 Å². The van der Waals surface area contributed by atoms with E-state index in [0.29, 0.717) is 19.4 Å². The molecule has 5 nitrogen and oxygen atoms in total. The topological polar surface area (TPSA) is 75.6 Å². The molecule has 1 aliphatic carbocycles. The molecule has 1 atom stereocenters. The van der Waals surface area contributed by atoms with E-state index in [-0.39, 0.29) is 11.5 Å². The van der Waals surface area contributed by atoms with Crippen molar-refractivity contribution in [2.75, 3.05) is 6.61 Å². The Balaban J connectivity index is 2.23. The van der Waals surface area contributed by atoms with E-state index in [1.54, 1.807) is 0 Å². The lowest BCUT2D eigenvalue weighted by Crippen LogP contribution is -2.42. The second kappa shape index (κ2) is 9.91. The first-order chi connectivity index (χ1) is 10.8. The van der Waals surface area contributed by atoms with Crippen molar-refractivity contribution in [2.45, 2.75) is 90.2 Å². The van der Waals surface area contributed by atoms with Gasteiger partial charge in [0.2, 0.25) is 5.91 Å². The van der Waals surface area contributed by atoms with Crippen LogP contribution in [0.5, 0.6) is 0 Å². The molecule has 2 N–H and O–H groups in total.